The summed E-state index contributed by atoms with van der Waals surface area (Å²) in [5.41, 5.74) is 4.79. The van der Waals surface area contributed by atoms with Crippen LogP contribution in [-0.4, -0.2) is 58.1 Å². The Kier molecular flexibility index (Phi) is 7.00. The van der Waals surface area contributed by atoms with Crippen LogP contribution in [0.2, 0.25) is 0 Å². The van der Waals surface area contributed by atoms with E-state index in [4.69, 9.17) is 9.47 Å². The lowest BCUT2D eigenvalue weighted by molar-refractivity contribution is 0.0918. The summed E-state index contributed by atoms with van der Waals surface area (Å²) in [5.74, 6) is -0.532. The number of nitrogens with zero attached hydrogens (tertiary/aromatic N) is 1. The number of H-pyrrole nitrogens is 1. The Bertz CT molecular complexity index is 1690. The number of aromatic hydroxyl groups is 2. The third-order valence-corrected chi connectivity index (χ3v) is 6.78. The summed E-state index contributed by atoms with van der Waals surface area (Å²) in [6, 6.07) is 15.3. The number of aliphatic hydroxyl groups is 1. The quantitative estimate of drug-likeness (QED) is 0.188. The molecule has 0 saturated heterocycles. The van der Waals surface area contributed by atoms with E-state index in [9.17, 15) is 20.1 Å². The molecule has 0 aliphatic carbocycles. The second kappa shape index (κ2) is 10.5. The molecule has 5 aromatic rings. The molecule has 9 heteroatoms. The number of carbonyl (C=O) groups excluding carboxylic acids is 1. The second-order valence-corrected chi connectivity index (χ2v) is 9.40. The number of hydrogen-bond acceptors (Lipinski definition) is 7. The van der Waals surface area contributed by atoms with E-state index in [1.807, 2.05) is 25.3 Å². The summed E-state index contributed by atoms with van der Waals surface area (Å²) >= 11 is 0. The summed E-state index contributed by atoms with van der Waals surface area (Å²) in [7, 11) is 2.92. The van der Waals surface area contributed by atoms with Crippen LogP contribution in [0.1, 0.15) is 21.5 Å². The molecule has 0 aliphatic rings. The van der Waals surface area contributed by atoms with Crippen molar-refractivity contribution in [3.05, 3.63) is 77.5 Å². The number of fused-ring (bicyclic) bond motifs is 2. The fourth-order valence-electron chi connectivity index (χ4n) is 4.72. The zero-order valence-electron chi connectivity index (χ0n) is 21.8. The number of phenols is 2. The zero-order valence-corrected chi connectivity index (χ0v) is 21.8. The number of aliphatic hydroxyl groups excluding tert-OH is 1. The van der Waals surface area contributed by atoms with Crippen LogP contribution in [0.5, 0.6) is 23.0 Å². The number of aryl methyl sites for hydroxylation is 1. The van der Waals surface area contributed by atoms with E-state index in [1.54, 1.807) is 31.4 Å². The zero-order chi connectivity index (χ0) is 27.7. The molecule has 0 aliphatic heterocycles. The predicted octanol–water partition coefficient (Wildman–Crippen LogP) is 4.45. The third kappa shape index (κ3) is 5.04. The third-order valence-electron chi connectivity index (χ3n) is 6.78. The van der Waals surface area contributed by atoms with Gasteiger partial charge in [-0.15, -0.1) is 0 Å². The number of benzene rings is 3. The van der Waals surface area contributed by atoms with Crippen LogP contribution >= 0.6 is 0 Å². The van der Waals surface area contributed by atoms with E-state index in [2.05, 4.69) is 21.4 Å². The molecular formula is C30H29N3O6. The number of ether oxygens (including phenoxy) is 2. The number of phenolic OH excluding ortho intramolecular Hbond substituents is 2. The number of aromatic amines is 1. The first-order valence-corrected chi connectivity index (χ1v) is 12.4. The lowest BCUT2D eigenvalue weighted by Gasteiger charge is -2.18. The minimum absolute atomic E-state index is 0.0712. The van der Waals surface area contributed by atoms with Crippen LogP contribution in [0.15, 0.2) is 60.8 Å². The number of hydrogen-bond donors (Lipinski definition) is 5. The van der Waals surface area contributed by atoms with Crippen molar-refractivity contribution in [2.24, 2.45) is 0 Å². The van der Waals surface area contributed by atoms with Crippen molar-refractivity contribution in [3.63, 3.8) is 0 Å². The second-order valence-electron chi connectivity index (χ2n) is 9.40. The van der Waals surface area contributed by atoms with Crippen LogP contribution in [0.3, 0.4) is 0 Å². The number of carbonyl (C=O) groups is 1. The Hall–Kier alpha value is -4.76. The molecule has 39 heavy (non-hydrogen) atoms. The average Bonchev–Trinajstić information content (AvgIpc) is 3.34. The Labute approximate surface area is 224 Å². The first kappa shape index (κ1) is 25.9. The highest BCUT2D eigenvalue weighted by atomic mass is 16.5. The predicted molar refractivity (Wildman–Crippen MR) is 149 cm³/mol. The van der Waals surface area contributed by atoms with Crippen molar-refractivity contribution in [1.82, 2.24) is 15.3 Å². The van der Waals surface area contributed by atoms with Gasteiger partial charge in [-0.25, -0.2) is 4.98 Å². The number of nitrogens with one attached hydrogen (secondary N) is 2. The molecule has 5 rings (SSSR count). The van der Waals surface area contributed by atoms with Crippen LogP contribution in [-0.2, 0) is 6.42 Å². The van der Waals surface area contributed by atoms with Gasteiger partial charge >= 0.3 is 0 Å². The van der Waals surface area contributed by atoms with Gasteiger partial charge in [-0.05, 0) is 66.9 Å². The Balaban J connectivity index is 1.53. The number of rotatable bonds is 8. The highest BCUT2D eigenvalue weighted by molar-refractivity contribution is 6.07. The Morgan fingerprint density at radius 3 is 2.59 bits per heavy atom. The van der Waals surface area contributed by atoms with Gasteiger partial charge in [0, 0.05) is 28.0 Å². The normalized spacial score (nSPS) is 12.0. The van der Waals surface area contributed by atoms with Crippen LogP contribution in [0.4, 0.5) is 0 Å². The molecule has 3 aromatic carbocycles. The van der Waals surface area contributed by atoms with Crippen LogP contribution < -0.4 is 14.8 Å². The lowest BCUT2D eigenvalue weighted by Crippen LogP contribution is -2.39. The number of amides is 1. The highest BCUT2D eigenvalue weighted by Crippen LogP contribution is 2.40. The van der Waals surface area contributed by atoms with Crippen LogP contribution in [0.25, 0.3) is 33.1 Å². The van der Waals surface area contributed by atoms with Gasteiger partial charge in [-0.3, -0.25) is 4.79 Å². The largest absolute Gasteiger partial charge is 0.504 e. The maximum Gasteiger partial charge on any atom is 0.252 e. The molecule has 2 aromatic heterocycles. The van der Waals surface area contributed by atoms with Crippen molar-refractivity contribution in [1.29, 1.82) is 0 Å². The molecule has 1 atom stereocenters. The molecule has 0 saturated carbocycles. The standard InChI is InChI=1S/C30H29N3O6/c1-16-4-6-21-18(14-31-26(21)8-16)9-19(15-34)32-30(37)23-13-25(17-10-27(35)29(36)28(11-17)39-3)33-24-7-5-20(38-2)12-22(23)24/h4-8,10-14,19,31,34-36H,9,15H2,1-3H3,(H,32,37). The first-order valence-electron chi connectivity index (χ1n) is 12.4. The molecule has 0 spiro atoms. The van der Waals surface area contributed by atoms with Gasteiger partial charge < -0.3 is 35.1 Å². The maximum absolute atomic E-state index is 13.7. The SMILES string of the molecule is COc1ccc2nc(-c3cc(O)c(O)c(OC)c3)cc(C(=O)NC(CO)Cc3c[nH]c4cc(C)ccc34)c2c1. The van der Waals surface area contributed by atoms with Crippen molar-refractivity contribution in [3.8, 4) is 34.3 Å². The van der Waals surface area contributed by atoms with Gasteiger partial charge in [0.15, 0.2) is 11.5 Å². The van der Waals surface area contributed by atoms with Gasteiger partial charge in [0.05, 0.1) is 43.6 Å². The Morgan fingerprint density at radius 2 is 1.85 bits per heavy atom. The Morgan fingerprint density at radius 1 is 1.03 bits per heavy atom. The van der Waals surface area contributed by atoms with Crippen molar-refractivity contribution >= 4 is 27.7 Å². The molecule has 9 nitrogen and oxygen atoms in total. The highest BCUT2D eigenvalue weighted by Gasteiger charge is 2.21. The van der Waals surface area contributed by atoms with Crippen molar-refractivity contribution < 1.29 is 29.6 Å². The fraction of sp³-hybridized carbons (Fsp3) is 0.200. The van der Waals surface area contributed by atoms with E-state index in [-0.39, 0.29) is 23.9 Å². The van der Waals surface area contributed by atoms with E-state index in [0.717, 1.165) is 22.0 Å². The number of pyridine rings is 1. The number of aromatic nitrogens is 2. The smallest absolute Gasteiger partial charge is 0.252 e. The molecule has 0 fully saturated rings. The minimum atomic E-state index is -0.548. The molecular weight excluding hydrogens is 498 g/mol. The summed E-state index contributed by atoms with van der Waals surface area (Å²) in [4.78, 5) is 21.6. The van der Waals surface area contributed by atoms with E-state index >= 15 is 0 Å². The molecule has 200 valence electrons. The molecule has 1 unspecified atom stereocenters. The van der Waals surface area contributed by atoms with Gasteiger partial charge in [-0.1, -0.05) is 12.1 Å². The maximum atomic E-state index is 13.7. The van der Waals surface area contributed by atoms with Gasteiger partial charge in [0.2, 0.25) is 5.75 Å². The van der Waals surface area contributed by atoms with Gasteiger partial charge in [0.25, 0.3) is 5.91 Å². The van der Waals surface area contributed by atoms with Crippen LogP contribution in [0, 0.1) is 6.92 Å². The van der Waals surface area contributed by atoms with Crippen molar-refractivity contribution in [2.75, 3.05) is 20.8 Å². The van der Waals surface area contributed by atoms with Crippen molar-refractivity contribution in [2.45, 2.75) is 19.4 Å². The molecule has 0 radical (unpaired) electrons. The summed E-state index contributed by atoms with van der Waals surface area (Å²) in [6.45, 7) is 1.76. The summed E-state index contributed by atoms with van der Waals surface area (Å²) in [5, 5.41) is 35.0. The topological polar surface area (TPSA) is 137 Å². The summed E-state index contributed by atoms with van der Waals surface area (Å²) < 4.78 is 10.5. The average molecular weight is 528 g/mol. The lowest BCUT2D eigenvalue weighted by atomic mass is 10.0. The van der Waals surface area contributed by atoms with E-state index in [0.29, 0.717) is 39.9 Å². The molecule has 0 bridgehead atoms. The van der Waals surface area contributed by atoms with E-state index < -0.39 is 11.9 Å². The molecule has 1 amide bonds. The minimum Gasteiger partial charge on any atom is -0.504 e. The molecule has 5 N–H and O–H groups in total. The van der Waals surface area contributed by atoms with E-state index in [1.165, 1.54) is 19.2 Å². The first-order chi connectivity index (χ1) is 18.8. The summed E-state index contributed by atoms with van der Waals surface area (Å²) in [6.07, 6.45) is 2.32. The fourth-order valence-corrected chi connectivity index (χ4v) is 4.72. The number of methoxy groups -OCH3 is 2. The molecule has 2 heterocycles. The van der Waals surface area contributed by atoms with Gasteiger partial charge in [0.1, 0.15) is 5.75 Å². The monoisotopic (exact) mass is 527 g/mol. The van der Waals surface area contributed by atoms with Gasteiger partial charge in [-0.2, -0.15) is 0 Å².